The fourth-order valence-electron chi connectivity index (χ4n) is 4.03. The van der Waals surface area contributed by atoms with Crippen molar-refractivity contribution < 1.29 is 9.90 Å². The van der Waals surface area contributed by atoms with Gasteiger partial charge in [0.15, 0.2) is 0 Å². The third kappa shape index (κ3) is 9.00. The first-order chi connectivity index (χ1) is 16.1. The van der Waals surface area contributed by atoms with E-state index in [1.54, 1.807) is 6.20 Å². The Kier molecular flexibility index (Phi) is 10.4. The molecule has 1 amide bonds. The third-order valence-electron chi connectivity index (χ3n) is 6.11. The van der Waals surface area contributed by atoms with Crippen LogP contribution in [0.3, 0.4) is 0 Å². The van der Waals surface area contributed by atoms with Gasteiger partial charge in [0.2, 0.25) is 5.95 Å². The molecular formula is C26H39N5O2. The Balaban J connectivity index is 1.64. The molecule has 0 saturated carbocycles. The van der Waals surface area contributed by atoms with Gasteiger partial charge in [-0.2, -0.15) is 4.98 Å². The zero-order valence-corrected chi connectivity index (χ0v) is 19.9. The van der Waals surface area contributed by atoms with Crippen molar-refractivity contribution in [3.05, 3.63) is 47.2 Å². The van der Waals surface area contributed by atoms with Crippen LogP contribution >= 0.6 is 0 Å². The summed E-state index contributed by atoms with van der Waals surface area (Å²) in [5, 5.41) is 19.8. The maximum Gasteiger partial charge on any atom is 0.256 e. The number of aliphatic hydroxyl groups is 1. The number of nitrogens with zero attached hydrogens (tertiary/aromatic N) is 2. The van der Waals surface area contributed by atoms with Gasteiger partial charge in [-0.1, -0.05) is 68.4 Å². The van der Waals surface area contributed by atoms with Crippen LogP contribution in [0.5, 0.6) is 0 Å². The van der Waals surface area contributed by atoms with Crippen LogP contribution in [0.1, 0.15) is 85.7 Å². The summed E-state index contributed by atoms with van der Waals surface area (Å²) in [7, 11) is 0. The summed E-state index contributed by atoms with van der Waals surface area (Å²) in [5.41, 5.74) is 2.67. The maximum atomic E-state index is 12.9. The Morgan fingerprint density at radius 2 is 1.64 bits per heavy atom. The smallest absolute Gasteiger partial charge is 0.256 e. The van der Waals surface area contributed by atoms with E-state index in [0.717, 1.165) is 44.2 Å². The van der Waals surface area contributed by atoms with Crippen LogP contribution in [-0.2, 0) is 6.54 Å². The van der Waals surface area contributed by atoms with E-state index in [0.29, 0.717) is 30.4 Å². The molecule has 1 atom stereocenters. The molecule has 0 radical (unpaired) electrons. The molecule has 3 rings (SSSR count). The SMILES string of the molecule is Cc1ccc(CNC(=O)c2cnc3nc2NCCCC(O)CCCCCCCCCN3)cc1. The van der Waals surface area contributed by atoms with Crippen LogP contribution in [0.2, 0.25) is 0 Å². The number of carbonyl (C=O) groups excluding carboxylic acids is 1. The average Bonchev–Trinajstić information content (AvgIpc) is 2.82. The number of carbonyl (C=O) groups is 1. The van der Waals surface area contributed by atoms with E-state index in [1.165, 1.54) is 37.7 Å². The summed E-state index contributed by atoms with van der Waals surface area (Å²) in [6, 6.07) is 8.11. The van der Waals surface area contributed by atoms with Crippen LogP contribution in [0.15, 0.2) is 30.5 Å². The molecule has 33 heavy (non-hydrogen) atoms. The monoisotopic (exact) mass is 453 g/mol. The largest absolute Gasteiger partial charge is 0.393 e. The number of nitrogens with one attached hydrogen (secondary N) is 3. The lowest BCUT2D eigenvalue weighted by molar-refractivity contribution is 0.0951. The van der Waals surface area contributed by atoms with Gasteiger partial charge in [0.05, 0.1) is 6.10 Å². The van der Waals surface area contributed by atoms with Gasteiger partial charge < -0.3 is 21.1 Å². The highest BCUT2D eigenvalue weighted by Crippen LogP contribution is 2.17. The molecule has 4 N–H and O–H groups in total. The van der Waals surface area contributed by atoms with Gasteiger partial charge in [0, 0.05) is 25.8 Å². The van der Waals surface area contributed by atoms with Crippen LogP contribution < -0.4 is 16.0 Å². The first kappa shape index (κ1) is 25.0. The Bertz CT molecular complexity index is 856. The number of aromatic nitrogens is 2. The predicted octanol–water partition coefficient (Wildman–Crippen LogP) is 4.81. The molecule has 1 aromatic carbocycles. The van der Waals surface area contributed by atoms with Crippen LogP contribution in [0.25, 0.3) is 0 Å². The third-order valence-corrected chi connectivity index (χ3v) is 6.11. The molecule has 2 aromatic rings. The zero-order valence-electron chi connectivity index (χ0n) is 19.9. The Morgan fingerprint density at radius 1 is 0.970 bits per heavy atom. The fourth-order valence-corrected chi connectivity index (χ4v) is 4.03. The predicted molar refractivity (Wildman–Crippen MR) is 134 cm³/mol. The number of aliphatic hydroxyl groups excluding tert-OH is 1. The van der Waals surface area contributed by atoms with E-state index in [4.69, 9.17) is 0 Å². The molecule has 180 valence electrons. The molecule has 1 aromatic heterocycles. The molecular weight excluding hydrogens is 414 g/mol. The Morgan fingerprint density at radius 3 is 2.42 bits per heavy atom. The van der Waals surface area contributed by atoms with Crippen LogP contribution in [0, 0.1) is 6.92 Å². The van der Waals surface area contributed by atoms with Crippen molar-refractivity contribution in [2.45, 2.75) is 83.8 Å². The van der Waals surface area contributed by atoms with Gasteiger partial charge >= 0.3 is 0 Å². The highest BCUT2D eigenvalue weighted by Gasteiger charge is 2.15. The summed E-state index contributed by atoms with van der Waals surface area (Å²) < 4.78 is 0. The number of fused-ring (bicyclic) bond motifs is 2. The summed E-state index contributed by atoms with van der Waals surface area (Å²) in [6.07, 6.45) is 12.1. The molecule has 7 nitrogen and oxygen atoms in total. The normalized spacial score (nSPS) is 18.8. The Hall–Kier alpha value is -2.67. The number of hydrogen-bond donors (Lipinski definition) is 4. The summed E-state index contributed by atoms with van der Waals surface area (Å²) in [5.74, 6) is 0.866. The molecule has 0 aliphatic carbocycles. The van der Waals surface area contributed by atoms with Crippen molar-refractivity contribution in [2.75, 3.05) is 23.7 Å². The van der Waals surface area contributed by atoms with Crippen molar-refractivity contribution in [2.24, 2.45) is 0 Å². The first-order valence-corrected chi connectivity index (χ1v) is 12.5. The van der Waals surface area contributed by atoms with Crippen molar-refractivity contribution in [1.29, 1.82) is 0 Å². The molecule has 2 heterocycles. The number of hydrogen-bond acceptors (Lipinski definition) is 6. The van der Waals surface area contributed by atoms with Crippen molar-refractivity contribution in [1.82, 2.24) is 15.3 Å². The highest BCUT2D eigenvalue weighted by molar-refractivity contribution is 5.98. The van der Waals surface area contributed by atoms with E-state index in [9.17, 15) is 9.90 Å². The van der Waals surface area contributed by atoms with Gasteiger partial charge in [-0.05, 0) is 38.2 Å². The molecule has 7 heteroatoms. The molecule has 1 aliphatic rings. The topological polar surface area (TPSA) is 99.2 Å². The second-order valence-electron chi connectivity index (χ2n) is 9.04. The molecule has 1 unspecified atom stereocenters. The molecule has 0 fully saturated rings. The Labute approximate surface area is 197 Å². The lowest BCUT2D eigenvalue weighted by Gasteiger charge is -2.15. The first-order valence-electron chi connectivity index (χ1n) is 12.5. The van der Waals surface area contributed by atoms with Crippen molar-refractivity contribution >= 4 is 17.7 Å². The van der Waals surface area contributed by atoms with E-state index in [1.807, 2.05) is 31.2 Å². The van der Waals surface area contributed by atoms with E-state index >= 15 is 0 Å². The second kappa shape index (κ2) is 13.8. The second-order valence-corrected chi connectivity index (χ2v) is 9.04. The van der Waals surface area contributed by atoms with E-state index in [-0.39, 0.29) is 12.0 Å². The van der Waals surface area contributed by atoms with Crippen molar-refractivity contribution in [3.63, 3.8) is 0 Å². The van der Waals surface area contributed by atoms with Gasteiger partial charge in [0.25, 0.3) is 5.91 Å². The van der Waals surface area contributed by atoms with Gasteiger partial charge in [-0.25, -0.2) is 4.98 Å². The molecule has 0 spiro atoms. The summed E-state index contributed by atoms with van der Waals surface area (Å²) in [4.78, 5) is 21.9. The number of rotatable bonds is 3. The minimum absolute atomic E-state index is 0.202. The quantitative estimate of drug-likeness (QED) is 0.532. The lowest BCUT2D eigenvalue weighted by atomic mass is 10.0. The standard InChI is InChI=1S/C26H39N5O2/c1-20-12-14-21(15-13-20)18-29-25(33)23-19-30-26-28-16-8-6-4-2-3-5-7-10-22(32)11-9-17-27-24(23)31-26/h12-15,19,22,32H,2-11,16-18H2,1H3,(H,29,33)(H2,27,28,30,31). The number of anilines is 2. The van der Waals surface area contributed by atoms with E-state index in [2.05, 4.69) is 25.9 Å². The van der Waals surface area contributed by atoms with E-state index < -0.39 is 0 Å². The van der Waals surface area contributed by atoms with Crippen LogP contribution in [0.4, 0.5) is 11.8 Å². The van der Waals surface area contributed by atoms with Gasteiger partial charge in [-0.15, -0.1) is 0 Å². The van der Waals surface area contributed by atoms with Gasteiger partial charge in [-0.3, -0.25) is 4.79 Å². The molecule has 0 saturated heterocycles. The number of amides is 1. The average molecular weight is 454 g/mol. The minimum Gasteiger partial charge on any atom is -0.393 e. The summed E-state index contributed by atoms with van der Waals surface area (Å²) in [6.45, 7) is 3.96. The minimum atomic E-state index is -0.259. The maximum absolute atomic E-state index is 12.9. The fraction of sp³-hybridized carbons (Fsp3) is 0.577. The number of aryl methyl sites for hydroxylation is 1. The van der Waals surface area contributed by atoms with Gasteiger partial charge in [0.1, 0.15) is 11.4 Å². The summed E-state index contributed by atoms with van der Waals surface area (Å²) >= 11 is 0. The molecule has 1 aliphatic heterocycles. The number of benzene rings is 1. The van der Waals surface area contributed by atoms with Crippen LogP contribution in [-0.4, -0.2) is 40.2 Å². The zero-order chi connectivity index (χ0) is 23.3. The lowest BCUT2D eigenvalue weighted by Crippen LogP contribution is -2.25. The highest BCUT2D eigenvalue weighted by atomic mass is 16.3. The van der Waals surface area contributed by atoms with Crippen molar-refractivity contribution in [3.8, 4) is 0 Å². The molecule has 2 bridgehead atoms.